The topological polar surface area (TPSA) is 148 Å². The summed E-state index contributed by atoms with van der Waals surface area (Å²) in [6.07, 6.45) is 3.73. The molecule has 0 aliphatic rings. The van der Waals surface area contributed by atoms with Gasteiger partial charge in [0.05, 0.1) is 11.9 Å². The summed E-state index contributed by atoms with van der Waals surface area (Å²) in [4.78, 5) is 27.6. The lowest BCUT2D eigenvalue weighted by Crippen LogP contribution is -2.19. The van der Waals surface area contributed by atoms with E-state index in [9.17, 15) is 4.79 Å². The number of fused-ring (bicyclic) bond motifs is 3. The maximum atomic E-state index is 12.3. The molecule has 0 bridgehead atoms. The number of thiazole rings is 1. The van der Waals surface area contributed by atoms with Crippen molar-refractivity contribution < 1.29 is 9.32 Å². The van der Waals surface area contributed by atoms with Gasteiger partial charge in [-0.25, -0.2) is 19.7 Å². The van der Waals surface area contributed by atoms with E-state index in [0.717, 1.165) is 26.6 Å². The molecule has 11 nitrogen and oxygen atoms in total. The van der Waals surface area contributed by atoms with Gasteiger partial charge in [0, 0.05) is 42.0 Å². The van der Waals surface area contributed by atoms with Gasteiger partial charge in [-0.2, -0.15) is 0 Å². The molecule has 0 aliphatic heterocycles. The quantitative estimate of drug-likeness (QED) is 0.275. The summed E-state index contributed by atoms with van der Waals surface area (Å²) in [5, 5.41) is 12.5. The van der Waals surface area contributed by atoms with E-state index in [4.69, 9.17) is 15.2 Å². The molecule has 0 atom stereocenters. The van der Waals surface area contributed by atoms with Crippen LogP contribution in [0.3, 0.4) is 0 Å². The Morgan fingerprint density at radius 1 is 1.17 bits per heavy atom. The fourth-order valence-electron chi connectivity index (χ4n) is 3.39. The van der Waals surface area contributed by atoms with Gasteiger partial charge in [0.2, 0.25) is 5.95 Å². The Morgan fingerprint density at radius 2 is 1.97 bits per heavy atom. The van der Waals surface area contributed by atoms with Gasteiger partial charge in [-0.3, -0.25) is 9.72 Å². The van der Waals surface area contributed by atoms with Crippen LogP contribution in [0.2, 0.25) is 0 Å². The number of nitrogens with zero attached hydrogens (tertiary/aromatic N) is 5. The Kier molecular flexibility index (Phi) is 5.83. The van der Waals surface area contributed by atoms with Crippen molar-refractivity contribution in [2.45, 2.75) is 26.2 Å². The molecule has 5 rings (SSSR count). The molecule has 0 radical (unpaired) electrons. The molecule has 0 spiro atoms. The average molecular weight is 492 g/mol. The van der Waals surface area contributed by atoms with Gasteiger partial charge in [-0.15, -0.1) is 0 Å². The van der Waals surface area contributed by atoms with Crippen LogP contribution in [0.25, 0.3) is 26.6 Å². The van der Waals surface area contributed by atoms with Crippen LogP contribution in [0.4, 0.5) is 22.2 Å². The van der Waals surface area contributed by atoms with Crippen molar-refractivity contribution >= 4 is 50.1 Å². The van der Waals surface area contributed by atoms with E-state index in [1.807, 2.05) is 55.6 Å². The molecule has 0 unspecified atom stereocenters. The van der Waals surface area contributed by atoms with E-state index in [2.05, 4.69) is 31.1 Å². The van der Waals surface area contributed by atoms with Crippen LogP contribution in [0.15, 0.2) is 47.2 Å². The molecule has 180 valence electrons. The van der Waals surface area contributed by atoms with E-state index < -0.39 is 6.03 Å². The van der Waals surface area contributed by atoms with Crippen molar-refractivity contribution in [2.24, 2.45) is 5.73 Å². The van der Waals surface area contributed by atoms with E-state index in [-0.39, 0.29) is 5.41 Å². The number of carbonyl (C=O) groups is 1. The first-order valence-corrected chi connectivity index (χ1v) is 11.9. The van der Waals surface area contributed by atoms with Gasteiger partial charge in [0.15, 0.2) is 10.8 Å². The van der Waals surface area contributed by atoms with Gasteiger partial charge < -0.3 is 20.9 Å². The van der Waals surface area contributed by atoms with Crippen molar-refractivity contribution in [2.75, 3.05) is 29.0 Å². The van der Waals surface area contributed by atoms with E-state index in [1.54, 1.807) is 12.3 Å². The first-order chi connectivity index (χ1) is 16.8. The lowest BCUT2D eigenvalue weighted by Gasteiger charge is -2.12. The minimum absolute atomic E-state index is 0.190. The molecule has 5 N–H and O–H groups in total. The van der Waals surface area contributed by atoms with Gasteiger partial charge >= 0.3 is 6.03 Å². The monoisotopic (exact) mass is 491 g/mol. The largest absolute Gasteiger partial charge is 0.359 e. The van der Waals surface area contributed by atoms with Crippen LogP contribution >= 0.6 is 11.3 Å². The number of anilines is 3. The minimum atomic E-state index is -0.402. The number of nitrogens with two attached hydrogens (primary N) is 1. The first kappa shape index (κ1) is 22.7. The normalized spacial score (nSPS) is 11.8. The van der Waals surface area contributed by atoms with Crippen molar-refractivity contribution in [1.29, 1.82) is 0 Å². The standard InChI is InChI=1S/C23H25N9O2S/c1-23(2,3)17-10-18(31-34-17)29-21(33)27-14-6-4-13(5-7-14)15-12-32-16-11-26-20(25-9-8-24)30-19(16)35-22(32)28-15/h4-7,10-12H,8-9,24H2,1-3H3,(H,25,26,30)(H2,27,29,31,33). The summed E-state index contributed by atoms with van der Waals surface area (Å²) in [5.74, 6) is 1.61. The number of imidazole rings is 1. The van der Waals surface area contributed by atoms with E-state index >= 15 is 0 Å². The number of hydrogen-bond donors (Lipinski definition) is 4. The smallest absolute Gasteiger partial charge is 0.324 e. The number of nitrogens with one attached hydrogen (secondary N) is 3. The highest BCUT2D eigenvalue weighted by Crippen LogP contribution is 2.29. The second-order valence-electron chi connectivity index (χ2n) is 8.96. The second kappa shape index (κ2) is 8.96. The minimum Gasteiger partial charge on any atom is -0.359 e. The van der Waals surface area contributed by atoms with Crippen molar-refractivity contribution in [1.82, 2.24) is 24.5 Å². The predicted molar refractivity (Wildman–Crippen MR) is 137 cm³/mol. The Morgan fingerprint density at radius 3 is 2.69 bits per heavy atom. The molecule has 0 saturated carbocycles. The molecule has 35 heavy (non-hydrogen) atoms. The molecule has 4 heterocycles. The van der Waals surface area contributed by atoms with Crippen LogP contribution in [-0.4, -0.2) is 43.6 Å². The SMILES string of the molecule is CC(C)(C)c1cc(NC(=O)Nc2ccc(-c3cn4c(n3)sc3nc(NCCN)ncc34)cc2)no1. The van der Waals surface area contributed by atoms with Crippen molar-refractivity contribution in [3.8, 4) is 11.3 Å². The van der Waals surface area contributed by atoms with Crippen molar-refractivity contribution in [3.05, 3.63) is 48.5 Å². The van der Waals surface area contributed by atoms with Gasteiger partial charge in [-0.05, 0) is 12.1 Å². The van der Waals surface area contributed by atoms with Gasteiger partial charge in [0.1, 0.15) is 16.1 Å². The molecule has 5 aromatic rings. The molecule has 12 heteroatoms. The van der Waals surface area contributed by atoms with Crippen LogP contribution in [0.5, 0.6) is 0 Å². The Balaban J connectivity index is 1.27. The molecule has 1 aromatic carbocycles. The average Bonchev–Trinajstić information content (AvgIpc) is 3.52. The van der Waals surface area contributed by atoms with Gasteiger partial charge in [0.25, 0.3) is 0 Å². The number of hydrogen-bond acceptors (Lipinski definition) is 9. The van der Waals surface area contributed by atoms with E-state index in [1.165, 1.54) is 11.3 Å². The van der Waals surface area contributed by atoms with Crippen LogP contribution in [0.1, 0.15) is 26.5 Å². The third-order valence-electron chi connectivity index (χ3n) is 5.21. The zero-order valence-corrected chi connectivity index (χ0v) is 20.3. The molecular formula is C23H25N9O2S. The number of rotatable bonds is 6. The molecule has 2 amide bonds. The first-order valence-electron chi connectivity index (χ1n) is 11.0. The Bertz CT molecular complexity index is 1500. The van der Waals surface area contributed by atoms with E-state index in [0.29, 0.717) is 36.3 Å². The van der Waals surface area contributed by atoms with Gasteiger partial charge in [-0.1, -0.05) is 49.4 Å². The fraction of sp³-hybridized carbons (Fsp3) is 0.261. The maximum Gasteiger partial charge on any atom is 0.324 e. The number of aromatic nitrogens is 5. The molecule has 0 fully saturated rings. The fourth-order valence-corrected chi connectivity index (χ4v) is 4.35. The number of benzene rings is 1. The predicted octanol–water partition coefficient (Wildman–Crippen LogP) is 4.31. The third kappa shape index (κ3) is 4.79. The van der Waals surface area contributed by atoms with Crippen molar-refractivity contribution in [3.63, 3.8) is 0 Å². The third-order valence-corrected chi connectivity index (χ3v) is 6.18. The summed E-state index contributed by atoms with van der Waals surface area (Å²) in [6, 6.07) is 8.78. The van der Waals surface area contributed by atoms with Crippen LogP contribution in [-0.2, 0) is 5.41 Å². The zero-order chi connectivity index (χ0) is 24.6. The summed E-state index contributed by atoms with van der Waals surface area (Å²) in [7, 11) is 0. The summed E-state index contributed by atoms with van der Waals surface area (Å²) in [6.45, 7) is 7.16. The van der Waals surface area contributed by atoms with Crippen LogP contribution < -0.4 is 21.7 Å². The number of carbonyl (C=O) groups excluding carboxylic acids is 1. The number of amides is 2. The van der Waals surface area contributed by atoms with Crippen LogP contribution in [0, 0.1) is 0 Å². The Hall–Kier alpha value is -4.03. The summed E-state index contributed by atoms with van der Waals surface area (Å²) >= 11 is 1.49. The Labute approximate surface area is 204 Å². The molecular weight excluding hydrogens is 466 g/mol. The summed E-state index contributed by atoms with van der Waals surface area (Å²) in [5.41, 5.74) is 8.61. The molecule has 0 saturated heterocycles. The zero-order valence-electron chi connectivity index (χ0n) is 19.5. The number of urea groups is 1. The summed E-state index contributed by atoms with van der Waals surface area (Å²) < 4.78 is 7.27. The highest BCUT2D eigenvalue weighted by molar-refractivity contribution is 7.23. The second-order valence-corrected chi connectivity index (χ2v) is 9.92. The molecule has 0 aliphatic carbocycles. The maximum absolute atomic E-state index is 12.3. The lowest BCUT2D eigenvalue weighted by atomic mass is 9.93. The highest BCUT2D eigenvalue weighted by Gasteiger charge is 2.20. The lowest BCUT2D eigenvalue weighted by molar-refractivity contribution is 0.262. The highest BCUT2D eigenvalue weighted by atomic mass is 32.1. The molecule has 4 aromatic heterocycles.